The van der Waals surface area contributed by atoms with E-state index in [2.05, 4.69) is 48.9 Å². The van der Waals surface area contributed by atoms with Gasteiger partial charge >= 0.3 is 0 Å². The smallest absolute Gasteiger partial charge is 0.0459 e. The zero-order valence-electron chi connectivity index (χ0n) is 12.1. The first-order valence-corrected chi connectivity index (χ1v) is 7.36. The van der Waals surface area contributed by atoms with Crippen molar-refractivity contribution in [1.29, 1.82) is 0 Å². The maximum Gasteiger partial charge on any atom is 0.0459 e. The lowest BCUT2D eigenvalue weighted by Crippen LogP contribution is -2.55. The second kappa shape index (κ2) is 6.12. The van der Waals surface area contributed by atoms with Crippen molar-refractivity contribution < 1.29 is 0 Å². The van der Waals surface area contributed by atoms with E-state index in [1.807, 2.05) is 0 Å². The maximum atomic E-state index is 6.34. The molecule has 2 atom stereocenters. The number of nitrogens with zero attached hydrogens (tertiary/aromatic N) is 2. The molecule has 19 heavy (non-hydrogen) atoms. The molecule has 0 aromatic heterocycles. The van der Waals surface area contributed by atoms with Crippen LogP contribution in [0.2, 0.25) is 5.02 Å². The van der Waals surface area contributed by atoms with Gasteiger partial charge in [0.2, 0.25) is 0 Å². The number of benzene rings is 1. The highest BCUT2D eigenvalue weighted by molar-refractivity contribution is 6.31. The van der Waals surface area contributed by atoms with Gasteiger partial charge in [-0.1, -0.05) is 17.7 Å². The van der Waals surface area contributed by atoms with E-state index in [-0.39, 0.29) is 0 Å². The number of hydrogen-bond donors (Lipinski definition) is 1. The van der Waals surface area contributed by atoms with Gasteiger partial charge in [-0.25, -0.2) is 0 Å². The van der Waals surface area contributed by atoms with Crippen molar-refractivity contribution in [3.63, 3.8) is 0 Å². The summed E-state index contributed by atoms with van der Waals surface area (Å²) in [7, 11) is 2.20. The van der Waals surface area contributed by atoms with Gasteiger partial charge in [0.1, 0.15) is 0 Å². The third-order valence-electron chi connectivity index (χ3n) is 4.18. The Morgan fingerprint density at radius 1 is 1.26 bits per heavy atom. The average molecular weight is 282 g/mol. The topological polar surface area (TPSA) is 32.5 Å². The van der Waals surface area contributed by atoms with Gasteiger partial charge in [-0.15, -0.1) is 0 Å². The van der Waals surface area contributed by atoms with Crippen LogP contribution in [0.15, 0.2) is 18.2 Å². The summed E-state index contributed by atoms with van der Waals surface area (Å²) in [6.07, 6.45) is 0.842. The first-order chi connectivity index (χ1) is 9.02. The van der Waals surface area contributed by atoms with E-state index >= 15 is 0 Å². The summed E-state index contributed by atoms with van der Waals surface area (Å²) >= 11 is 6.34. The van der Waals surface area contributed by atoms with Crippen LogP contribution < -0.4 is 10.6 Å². The summed E-state index contributed by atoms with van der Waals surface area (Å²) in [6, 6.07) is 7.48. The Morgan fingerprint density at radius 3 is 2.42 bits per heavy atom. The van der Waals surface area contributed by atoms with Gasteiger partial charge < -0.3 is 10.6 Å². The molecule has 0 aliphatic carbocycles. The number of nitrogens with two attached hydrogens (primary N) is 1. The van der Waals surface area contributed by atoms with Gasteiger partial charge in [0, 0.05) is 35.9 Å². The normalized spacial score (nSPS) is 24.8. The molecular weight excluding hydrogens is 258 g/mol. The van der Waals surface area contributed by atoms with E-state index in [4.69, 9.17) is 17.3 Å². The van der Waals surface area contributed by atoms with Gasteiger partial charge in [0.05, 0.1) is 0 Å². The van der Waals surface area contributed by atoms with E-state index in [9.17, 15) is 0 Å². The quantitative estimate of drug-likeness (QED) is 0.923. The molecule has 106 valence electrons. The standard InChI is InChI=1S/C15H24ClN3/c1-11-9-19(10-12(2)18(11)3)14-5-4-13(6-7-17)15(16)8-14/h4-5,8,11-12H,6-7,9-10,17H2,1-3H3. The van der Waals surface area contributed by atoms with E-state index in [1.165, 1.54) is 5.69 Å². The van der Waals surface area contributed by atoms with Gasteiger partial charge in [-0.2, -0.15) is 0 Å². The van der Waals surface area contributed by atoms with Gasteiger partial charge in [0.25, 0.3) is 0 Å². The Hall–Kier alpha value is -0.770. The van der Waals surface area contributed by atoms with Crippen LogP contribution in [0.4, 0.5) is 5.69 Å². The summed E-state index contributed by atoms with van der Waals surface area (Å²) in [5, 5.41) is 0.835. The molecule has 2 rings (SSSR count). The molecule has 1 aromatic carbocycles. The predicted molar refractivity (Wildman–Crippen MR) is 83.1 cm³/mol. The highest BCUT2D eigenvalue weighted by Gasteiger charge is 2.26. The summed E-state index contributed by atoms with van der Waals surface area (Å²) in [5.74, 6) is 0. The fraction of sp³-hybridized carbons (Fsp3) is 0.600. The molecule has 1 heterocycles. The minimum absolute atomic E-state index is 0.561. The number of piperazine rings is 1. The molecule has 0 bridgehead atoms. The van der Waals surface area contributed by atoms with E-state index in [1.54, 1.807) is 0 Å². The molecule has 0 radical (unpaired) electrons. The highest BCUT2D eigenvalue weighted by atomic mass is 35.5. The van der Waals surface area contributed by atoms with E-state index in [0.717, 1.165) is 30.1 Å². The van der Waals surface area contributed by atoms with Crippen LogP contribution >= 0.6 is 11.6 Å². The molecule has 2 N–H and O–H groups in total. The molecule has 0 saturated carbocycles. The molecular formula is C15H24ClN3. The summed E-state index contributed by atoms with van der Waals surface area (Å²) < 4.78 is 0. The van der Waals surface area contributed by atoms with Crippen LogP contribution in [-0.2, 0) is 6.42 Å². The van der Waals surface area contributed by atoms with Crippen LogP contribution in [0, 0.1) is 0 Å². The molecule has 2 unspecified atom stereocenters. The number of anilines is 1. The largest absolute Gasteiger partial charge is 0.368 e. The van der Waals surface area contributed by atoms with Crippen molar-refractivity contribution in [3.05, 3.63) is 28.8 Å². The first-order valence-electron chi connectivity index (χ1n) is 6.98. The molecule has 3 nitrogen and oxygen atoms in total. The molecule has 0 spiro atoms. The zero-order valence-corrected chi connectivity index (χ0v) is 12.8. The molecule has 1 saturated heterocycles. The van der Waals surface area contributed by atoms with Gasteiger partial charge in [0.15, 0.2) is 0 Å². The van der Waals surface area contributed by atoms with E-state index in [0.29, 0.717) is 18.6 Å². The minimum atomic E-state index is 0.561. The predicted octanol–water partition coefficient (Wildman–Crippen LogP) is 2.37. The molecule has 1 aromatic rings. The van der Waals surface area contributed by atoms with Crippen molar-refractivity contribution in [2.45, 2.75) is 32.4 Å². The van der Waals surface area contributed by atoms with Crippen LogP contribution in [0.5, 0.6) is 0 Å². The average Bonchev–Trinajstić information content (AvgIpc) is 2.38. The Kier molecular flexibility index (Phi) is 4.71. The van der Waals surface area contributed by atoms with Gasteiger partial charge in [-0.3, -0.25) is 4.90 Å². The Balaban J connectivity index is 2.16. The van der Waals surface area contributed by atoms with Crippen LogP contribution in [0.1, 0.15) is 19.4 Å². The second-order valence-corrected chi connectivity index (χ2v) is 5.99. The molecule has 0 amide bonds. The fourth-order valence-electron chi connectivity index (χ4n) is 2.71. The maximum absolute atomic E-state index is 6.34. The SMILES string of the molecule is CC1CN(c2ccc(CCN)c(Cl)c2)CC(C)N1C. The van der Waals surface area contributed by atoms with Crippen LogP contribution in [0.25, 0.3) is 0 Å². The molecule has 1 fully saturated rings. The fourth-order valence-corrected chi connectivity index (χ4v) is 2.98. The third kappa shape index (κ3) is 3.22. The van der Waals surface area contributed by atoms with E-state index < -0.39 is 0 Å². The van der Waals surface area contributed by atoms with Crippen molar-refractivity contribution in [2.75, 3.05) is 31.6 Å². The minimum Gasteiger partial charge on any atom is -0.368 e. The monoisotopic (exact) mass is 281 g/mol. The molecule has 1 aliphatic heterocycles. The summed E-state index contributed by atoms with van der Waals surface area (Å²) in [5.41, 5.74) is 7.95. The second-order valence-electron chi connectivity index (χ2n) is 5.58. The Morgan fingerprint density at radius 2 is 1.89 bits per heavy atom. The van der Waals surface area contributed by atoms with Crippen molar-refractivity contribution in [2.24, 2.45) is 5.73 Å². The zero-order chi connectivity index (χ0) is 14.0. The Bertz CT molecular complexity index is 423. The number of rotatable bonds is 3. The lowest BCUT2D eigenvalue weighted by atomic mass is 10.1. The molecule has 1 aliphatic rings. The van der Waals surface area contributed by atoms with Crippen molar-refractivity contribution in [1.82, 2.24) is 4.90 Å². The highest BCUT2D eigenvalue weighted by Crippen LogP contribution is 2.26. The molecule has 4 heteroatoms. The lowest BCUT2D eigenvalue weighted by molar-refractivity contribution is 0.170. The number of halogens is 1. The van der Waals surface area contributed by atoms with Crippen molar-refractivity contribution in [3.8, 4) is 0 Å². The van der Waals surface area contributed by atoms with Crippen LogP contribution in [0.3, 0.4) is 0 Å². The Labute approximate surface area is 121 Å². The first kappa shape index (κ1) is 14.6. The summed E-state index contributed by atoms with van der Waals surface area (Å²) in [4.78, 5) is 4.86. The number of likely N-dealkylation sites (N-methyl/N-ethyl adjacent to an activating group) is 1. The number of hydrogen-bond acceptors (Lipinski definition) is 3. The summed E-state index contributed by atoms with van der Waals surface area (Å²) in [6.45, 7) is 7.28. The lowest BCUT2D eigenvalue weighted by Gasteiger charge is -2.43. The van der Waals surface area contributed by atoms with Crippen molar-refractivity contribution >= 4 is 17.3 Å². The van der Waals surface area contributed by atoms with Crippen LogP contribution in [-0.4, -0.2) is 43.7 Å². The third-order valence-corrected chi connectivity index (χ3v) is 4.53. The van der Waals surface area contributed by atoms with Gasteiger partial charge in [-0.05, 0) is 51.6 Å².